The summed E-state index contributed by atoms with van der Waals surface area (Å²) < 4.78 is 0. The molecule has 0 aliphatic rings. The van der Waals surface area contributed by atoms with Gasteiger partial charge in [0.25, 0.3) is 0 Å². The largest absolute Gasteiger partial charge is 0.115 e. The number of terminal acetylenes is 1. The third kappa shape index (κ3) is 2.61. The lowest BCUT2D eigenvalue weighted by Crippen LogP contribution is -1.91. The molecule has 5 rings (SSSR count). The minimum atomic E-state index is 0.932. The maximum atomic E-state index is 5.96. The Morgan fingerprint density at radius 2 is 1.04 bits per heavy atom. The van der Waals surface area contributed by atoms with Crippen molar-refractivity contribution in [3.05, 3.63) is 108 Å². The van der Waals surface area contributed by atoms with Gasteiger partial charge in [-0.25, -0.2) is 0 Å². The lowest BCUT2D eigenvalue weighted by atomic mass is 9.90. The van der Waals surface area contributed by atoms with Crippen LogP contribution in [0.5, 0.6) is 0 Å². The summed E-state index contributed by atoms with van der Waals surface area (Å²) in [6.07, 6.45) is 5.96. The predicted octanol–water partition coefficient (Wildman–Crippen LogP) is 6.53. The first-order chi connectivity index (χ1) is 13.8. The van der Waals surface area contributed by atoms with E-state index in [-0.39, 0.29) is 0 Å². The lowest BCUT2D eigenvalue weighted by Gasteiger charge is -2.12. The lowest BCUT2D eigenvalue weighted by molar-refractivity contribution is 1.65. The summed E-state index contributed by atoms with van der Waals surface area (Å²) in [6.45, 7) is 0. The predicted molar refractivity (Wildman–Crippen MR) is 119 cm³/mol. The highest BCUT2D eigenvalue weighted by Crippen LogP contribution is 2.34. The van der Waals surface area contributed by atoms with E-state index in [1.807, 2.05) is 42.5 Å². The molecule has 28 heavy (non-hydrogen) atoms. The van der Waals surface area contributed by atoms with Crippen LogP contribution in [0, 0.1) is 24.2 Å². The summed E-state index contributed by atoms with van der Waals surface area (Å²) in [4.78, 5) is 0. The van der Waals surface area contributed by atoms with E-state index in [1.165, 1.54) is 10.8 Å². The van der Waals surface area contributed by atoms with Crippen LogP contribution in [0.25, 0.3) is 32.3 Å². The fraction of sp³-hybridized carbons (Fsp3) is 0. The molecule has 0 N–H and O–H groups in total. The molecule has 0 aliphatic carbocycles. The second-order valence-electron chi connectivity index (χ2n) is 6.80. The fourth-order valence-corrected chi connectivity index (χ4v) is 3.81. The van der Waals surface area contributed by atoms with E-state index < -0.39 is 0 Å². The molecule has 0 fully saturated rings. The molecule has 0 nitrogen and oxygen atoms in total. The van der Waals surface area contributed by atoms with Crippen molar-refractivity contribution in [2.24, 2.45) is 0 Å². The Labute approximate surface area is 164 Å². The summed E-state index contributed by atoms with van der Waals surface area (Å²) in [6, 6.07) is 31.1. The van der Waals surface area contributed by atoms with Gasteiger partial charge in [0.05, 0.1) is 0 Å². The van der Waals surface area contributed by atoms with Gasteiger partial charge in [-0.2, -0.15) is 0 Å². The standard InChI is InChI=1S/C28H16/c1-2-23-24-14-8-9-15-25(24)26(17-16-20-10-4-3-5-11-20)28-19-22-13-7-6-12-21(22)18-27(23)28/h1,3-15,18-19H. The van der Waals surface area contributed by atoms with Gasteiger partial charge in [0, 0.05) is 16.7 Å². The Morgan fingerprint density at radius 3 is 1.68 bits per heavy atom. The Balaban J connectivity index is 1.95. The van der Waals surface area contributed by atoms with Crippen LogP contribution in [0.15, 0.2) is 91.0 Å². The summed E-state index contributed by atoms with van der Waals surface area (Å²) in [5.74, 6) is 9.70. The molecule has 0 spiro atoms. The van der Waals surface area contributed by atoms with Crippen molar-refractivity contribution in [3.63, 3.8) is 0 Å². The van der Waals surface area contributed by atoms with E-state index in [9.17, 15) is 0 Å². The van der Waals surface area contributed by atoms with Crippen molar-refractivity contribution in [1.29, 1.82) is 0 Å². The van der Waals surface area contributed by atoms with Crippen LogP contribution in [-0.2, 0) is 0 Å². The quantitative estimate of drug-likeness (QED) is 0.220. The molecule has 0 atom stereocenters. The topological polar surface area (TPSA) is 0 Å². The average Bonchev–Trinajstić information content (AvgIpc) is 2.76. The van der Waals surface area contributed by atoms with Gasteiger partial charge in [0.2, 0.25) is 0 Å². The van der Waals surface area contributed by atoms with E-state index in [0.29, 0.717) is 0 Å². The van der Waals surface area contributed by atoms with Gasteiger partial charge in [-0.1, -0.05) is 84.5 Å². The zero-order valence-electron chi connectivity index (χ0n) is 15.2. The molecule has 5 aromatic carbocycles. The van der Waals surface area contributed by atoms with Crippen molar-refractivity contribution in [3.8, 4) is 24.2 Å². The Kier molecular flexibility index (Phi) is 3.83. The first-order valence-electron chi connectivity index (χ1n) is 9.26. The highest BCUT2D eigenvalue weighted by Gasteiger charge is 2.12. The molecular weight excluding hydrogens is 336 g/mol. The summed E-state index contributed by atoms with van der Waals surface area (Å²) in [5, 5.41) is 6.73. The van der Waals surface area contributed by atoms with Crippen molar-refractivity contribution in [2.45, 2.75) is 0 Å². The molecule has 0 saturated carbocycles. The Bertz CT molecular complexity index is 1450. The van der Waals surface area contributed by atoms with E-state index in [1.54, 1.807) is 0 Å². The first-order valence-corrected chi connectivity index (χ1v) is 9.26. The number of rotatable bonds is 0. The van der Waals surface area contributed by atoms with Gasteiger partial charge < -0.3 is 0 Å². The van der Waals surface area contributed by atoms with Crippen molar-refractivity contribution >= 4 is 32.3 Å². The third-order valence-electron chi connectivity index (χ3n) is 5.14. The fourth-order valence-electron chi connectivity index (χ4n) is 3.81. The van der Waals surface area contributed by atoms with Crippen LogP contribution in [0.3, 0.4) is 0 Å². The number of benzene rings is 5. The highest BCUT2D eigenvalue weighted by molar-refractivity contribution is 6.13. The molecule has 0 heteroatoms. The molecule has 0 radical (unpaired) electrons. The van der Waals surface area contributed by atoms with Gasteiger partial charge in [-0.3, -0.25) is 0 Å². The molecule has 0 bridgehead atoms. The second-order valence-corrected chi connectivity index (χ2v) is 6.80. The second kappa shape index (κ2) is 6.62. The van der Waals surface area contributed by atoms with Crippen LogP contribution in [0.2, 0.25) is 0 Å². The minimum Gasteiger partial charge on any atom is -0.115 e. The van der Waals surface area contributed by atoms with E-state index in [0.717, 1.165) is 38.2 Å². The van der Waals surface area contributed by atoms with Crippen LogP contribution in [-0.4, -0.2) is 0 Å². The summed E-state index contributed by atoms with van der Waals surface area (Å²) in [5.41, 5.74) is 2.96. The Morgan fingerprint density at radius 1 is 0.500 bits per heavy atom. The molecule has 0 heterocycles. The highest BCUT2D eigenvalue weighted by atomic mass is 14.1. The molecular formula is C28H16. The maximum absolute atomic E-state index is 5.96. The molecule has 0 aromatic heterocycles. The zero-order chi connectivity index (χ0) is 18.9. The molecule has 5 aromatic rings. The minimum absolute atomic E-state index is 0.932. The summed E-state index contributed by atoms with van der Waals surface area (Å²) in [7, 11) is 0. The van der Waals surface area contributed by atoms with Crippen LogP contribution >= 0.6 is 0 Å². The number of hydrogen-bond acceptors (Lipinski definition) is 0. The maximum Gasteiger partial charge on any atom is 0.0407 e. The Hall–Kier alpha value is -4.00. The van der Waals surface area contributed by atoms with Gasteiger partial charge in [0.15, 0.2) is 0 Å². The van der Waals surface area contributed by atoms with Crippen LogP contribution in [0.1, 0.15) is 16.7 Å². The monoisotopic (exact) mass is 352 g/mol. The SMILES string of the molecule is C#Cc1c2ccccc2c(C#Cc2ccccc2)c2cc3ccccc3cc12. The molecule has 0 amide bonds. The molecule has 0 aliphatic heterocycles. The van der Waals surface area contributed by atoms with Crippen LogP contribution in [0.4, 0.5) is 0 Å². The van der Waals surface area contributed by atoms with Gasteiger partial charge in [0.1, 0.15) is 0 Å². The molecule has 128 valence electrons. The first kappa shape index (κ1) is 16.2. The summed E-state index contributed by atoms with van der Waals surface area (Å²) >= 11 is 0. The van der Waals surface area contributed by atoms with Crippen molar-refractivity contribution < 1.29 is 0 Å². The van der Waals surface area contributed by atoms with Crippen molar-refractivity contribution in [1.82, 2.24) is 0 Å². The van der Waals surface area contributed by atoms with Gasteiger partial charge >= 0.3 is 0 Å². The van der Waals surface area contributed by atoms with Gasteiger partial charge in [-0.15, -0.1) is 6.42 Å². The average molecular weight is 352 g/mol. The van der Waals surface area contributed by atoms with Crippen LogP contribution < -0.4 is 0 Å². The van der Waals surface area contributed by atoms with E-state index in [2.05, 4.69) is 66.3 Å². The van der Waals surface area contributed by atoms with Gasteiger partial charge in [-0.05, 0) is 56.6 Å². The number of hydrogen-bond donors (Lipinski definition) is 0. The number of fused-ring (bicyclic) bond motifs is 3. The third-order valence-corrected chi connectivity index (χ3v) is 5.14. The molecule has 0 saturated heterocycles. The van der Waals surface area contributed by atoms with E-state index >= 15 is 0 Å². The zero-order valence-corrected chi connectivity index (χ0v) is 15.2. The van der Waals surface area contributed by atoms with E-state index in [4.69, 9.17) is 6.42 Å². The molecule has 0 unspecified atom stereocenters. The van der Waals surface area contributed by atoms with Crippen molar-refractivity contribution in [2.75, 3.05) is 0 Å². The smallest absolute Gasteiger partial charge is 0.0407 e. The normalized spacial score (nSPS) is 10.5.